The number of carbonyl (C=O) groups excluding carboxylic acids is 2. The van der Waals surface area contributed by atoms with Gasteiger partial charge in [-0.1, -0.05) is 18.2 Å². The number of benzene rings is 1. The normalized spacial score (nSPS) is 15.6. The van der Waals surface area contributed by atoms with Crippen LogP contribution in [0.3, 0.4) is 0 Å². The summed E-state index contributed by atoms with van der Waals surface area (Å²) < 4.78 is 15.4. The molecule has 0 spiro atoms. The van der Waals surface area contributed by atoms with Gasteiger partial charge in [0.25, 0.3) is 0 Å². The summed E-state index contributed by atoms with van der Waals surface area (Å²) in [6.07, 6.45) is 3.73. The lowest BCUT2D eigenvalue weighted by molar-refractivity contribution is -0.119. The largest absolute Gasteiger partial charge is 0.341 e. The molecule has 0 bridgehead atoms. The number of halogens is 1. The van der Waals surface area contributed by atoms with E-state index in [1.165, 1.54) is 37.4 Å². The summed E-state index contributed by atoms with van der Waals surface area (Å²) in [4.78, 5) is 25.5. The molecule has 0 saturated carbocycles. The smallest absolute Gasteiger partial charge is 0.321 e. The Morgan fingerprint density at radius 2 is 1.87 bits per heavy atom. The lowest BCUT2D eigenvalue weighted by atomic mass is 10.1. The highest BCUT2D eigenvalue weighted by Gasteiger charge is 2.25. The highest BCUT2D eigenvalue weighted by molar-refractivity contribution is 7.99. The van der Waals surface area contributed by atoms with Crippen molar-refractivity contribution in [2.75, 3.05) is 25.9 Å². The van der Waals surface area contributed by atoms with Crippen molar-refractivity contribution in [3.63, 3.8) is 0 Å². The monoisotopic (exact) mass is 434 g/mol. The van der Waals surface area contributed by atoms with Crippen molar-refractivity contribution in [3.8, 4) is 5.69 Å². The van der Waals surface area contributed by atoms with Crippen LogP contribution in [0, 0.1) is 5.82 Å². The van der Waals surface area contributed by atoms with Gasteiger partial charge in [-0.05, 0) is 57.1 Å². The van der Waals surface area contributed by atoms with Crippen LogP contribution in [0.1, 0.15) is 44.5 Å². The van der Waals surface area contributed by atoms with E-state index >= 15 is 0 Å². The van der Waals surface area contributed by atoms with Gasteiger partial charge in [-0.15, -0.1) is 10.2 Å². The zero-order valence-electron chi connectivity index (χ0n) is 17.2. The number of imide groups is 1. The number of amides is 3. The Labute approximate surface area is 179 Å². The summed E-state index contributed by atoms with van der Waals surface area (Å²) >= 11 is 1.38. The minimum Gasteiger partial charge on any atom is -0.341 e. The molecule has 1 atom stereocenters. The van der Waals surface area contributed by atoms with Crippen LogP contribution in [0.4, 0.5) is 9.18 Å². The second-order valence-corrected chi connectivity index (χ2v) is 8.21. The summed E-state index contributed by atoms with van der Waals surface area (Å²) in [5.74, 6) is 0.551. The van der Waals surface area contributed by atoms with E-state index in [0.29, 0.717) is 10.9 Å². The van der Waals surface area contributed by atoms with Crippen molar-refractivity contribution in [2.45, 2.75) is 43.8 Å². The van der Waals surface area contributed by atoms with Crippen LogP contribution in [0.2, 0.25) is 0 Å². The number of carbonyl (C=O) groups is 2. The molecule has 3 rings (SSSR count). The number of nitrogens with one attached hydrogen (secondary N) is 2. The molecule has 0 aliphatic carbocycles. The maximum atomic E-state index is 13.5. The van der Waals surface area contributed by atoms with Crippen molar-refractivity contribution >= 4 is 23.7 Å². The predicted octanol–water partition coefficient (Wildman–Crippen LogP) is 2.89. The van der Waals surface area contributed by atoms with Crippen molar-refractivity contribution < 1.29 is 14.0 Å². The first kappa shape index (κ1) is 22.2. The molecule has 1 aromatic heterocycles. The summed E-state index contributed by atoms with van der Waals surface area (Å²) in [5.41, 5.74) is 0.776. The molecule has 1 aliphatic rings. The fraction of sp³-hybridized carbons (Fsp3) is 0.500. The van der Waals surface area contributed by atoms with Gasteiger partial charge >= 0.3 is 6.03 Å². The van der Waals surface area contributed by atoms with E-state index < -0.39 is 6.03 Å². The van der Waals surface area contributed by atoms with Gasteiger partial charge in [-0.2, -0.15) is 0 Å². The molecule has 1 aliphatic heterocycles. The Morgan fingerprint density at radius 3 is 2.53 bits per heavy atom. The Kier molecular flexibility index (Phi) is 7.81. The van der Waals surface area contributed by atoms with E-state index in [0.717, 1.165) is 37.4 Å². The second kappa shape index (κ2) is 10.5. The second-order valence-electron chi connectivity index (χ2n) is 7.15. The molecular formula is C20H27FN6O2S. The first-order chi connectivity index (χ1) is 14.5. The molecule has 0 unspecified atom stereocenters. The number of likely N-dealkylation sites (tertiary alicyclic amines) is 1. The Morgan fingerprint density at radius 1 is 1.17 bits per heavy atom. The SMILES string of the molecule is CNC(=O)NC(=O)CCSc1nnc([C@@H](C)N2CCCCC2)n1-c1ccc(F)cc1. The van der Waals surface area contributed by atoms with Gasteiger partial charge in [0.15, 0.2) is 11.0 Å². The molecule has 1 fully saturated rings. The number of hydrogen-bond acceptors (Lipinski definition) is 6. The number of hydrogen-bond donors (Lipinski definition) is 2. The number of rotatable bonds is 7. The van der Waals surface area contributed by atoms with Crippen LogP contribution in [0.25, 0.3) is 5.69 Å². The van der Waals surface area contributed by atoms with Crippen molar-refractivity contribution in [2.24, 2.45) is 0 Å². The lowest BCUT2D eigenvalue weighted by Crippen LogP contribution is -2.37. The van der Waals surface area contributed by atoms with E-state index in [4.69, 9.17) is 0 Å². The summed E-state index contributed by atoms with van der Waals surface area (Å²) in [6.45, 7) is 4.14. The van der Waals surface area contributed by atoms with Gasteiger partial charge in [-0.3, -0.25) is 19.6 Å². The fourth-order valence-electron chi connectivity index (χ4n) is 3.43. The molecule has 30 heavy (non-hydrogen) atoms. The maximum Gasteiger partial charge on any atom is 0.321 e. The minimum absolute atomic E-state index is 0.0637. The molecule has 10 heteroatoms. The molecule has 1 aromatic carbocycles. The zero-order valence-corrected chi connectivity index (χ0v) is 18.0. The van der Waals surface area contributed by atoms with Crippen LogP contribution in [0.15, 0.2) is 29.4 Å². The van der Waals surface area contributed by atoms with Gasteiger partial charge in [0.05, 0.1) is 6.04 Å². The molecule has 2 N–H and O–H groups in total. The number of nitrogens with zero attached hydrogens (tertiary/aromatic N) is 4. The fourth-order valence-corrected chi connectivity index (χ4v) is 4.33. The third kappa shape index (κ3) is 5.57. The van der Waals surface area contributed by atoms with Gasteiger partial charge in [0.1, 0.15) is 5.82 Å². The highest BCUT2D eigenvalue weighted by Crippen LogP contribution is 2.29. The number of piperidine rings is 1. The lowest BCUT2D eigenvalue weighted by Gasteiger charge is -2.31. The highest BCUT2D eigenvalue weighted by atomic mass is 32.2. The minimum atomic E-state index is -0.530. The summed E-state index contributed by atoms with van der Waals surface area (Å²) in [6, 6.07) is 5.76. The number of aromatic nitrogens is 3. The van der Waals surface area contributed by atoms with Crippen molar-refractivity contribution in [1.29, 1.82) is 0 Å². The average molecular weight is 435 g/mol. The number of thioether (sulfide) groups is 1. The standard InChI is InChI=1S/C20H27FN6O2S/c1-14(26-11-4-3-5-12-26)18-24-25-20(27(18)16-8-6-15(21)7-9-16)30-13-10-17(28)23-19(29)22-2/h6-9,14H,3-5,10-13H2,1-2H3,(H2,22,23,28,29)/t14-/m1/s1. The van der Waals surface area contributed by atoms with Crippen molar-refractivity contribution in [1.82, 2.24) is 30.3 Å². The van der Waals surface area contributed by atoms with E-state index in [1.807, 2.05) is 4.57 Å². The van der Waals surface area contributed by atoms with E-state index in [1.54, 1.807) is 12.1 Å². The first-order valence-electron chi connectivity index (χ1n) is 10.1. The van der Waals surface area contributed by atoms with Crippen LogP contribution in [-0.4, -0.2) is 57.5 Å². The molecule has 1 saturated heterocycles. The van der Waals surface area contributed by atoms with Gasteiger partial charge < -0.3 is 5.32 Å². The van der Waals surface area contributed by atoms with Crippen LogP contribution in [0.5, 0.6) is 0 Å². The Bertz CT molecular complexity index is 867. The quantitative estimate of drug-likeness (QED) is 0.651. The van der Waals surface area contributed by atoms with Crippen molar-refractivity contribution in [3.05, 3.63) is 35.9 Å². The molecule has 8 nitrogen and oxygen atoms in total. The first-order valence-corrected chi connectivity index (χ1v) is 11.1. The molecular weight excluding hydrogens is 407 g/mol. The third-order valence-corrected chi connectivity index (χ3v) is 6.03. The number of urea groups is 1. The summed E-state index contributed by atoms with van der Waals surface area (Å²) in [7, 11) is 1.45. The van der Waals surface area contributed by atoms with Crippen LogP contribution < -0.4 is 10.6 Å². The van der Waals surface area contributed by atoms with Gasteiger partial charge in [0, 0.05) is 24.9 Å². The summed E-state index contributed by atoms with van der Waals surface area (Å²) in [5, 5.41) is 14.0. The van der Waals surface area contributed by atoms with Gasteiger partial charge in [0.2, 0.25) is 5.91 Å². The molecule has 162 valence electrons. The molecule has 0 radical (unpaired) electrons. The molecule has 2 aromatic rings. The Balaban J connectivity index is 1.78. The van der Waals surface area contributed by atoms with E-state index in [-0.39, 0.29) is 24.2 Å². The van der Waals surface area contributed by atoms with E-state index in [2.05, 4.69) is 32.7 Å². The van der Waals surface area contributed by atoms with Gasteiger partial charge in [-0.25, -0.2) is 9.18 Å². The maximum absolute atomic E-state index is 13.5. The predicted molar refractivity (Wildman–Crippen MR) is 113 cm³/mol. The third-order valence-electron chi connectivity index (χ3n) is 5.10. The van der Waals surface area contributed by atoms with Crippen LogP contribution >= 0.6 is 11.8 Å². The molecule has 2 heterocycles. The van der Waals surface area contributed by atoms with E-state index in [9.17, 15) is 14.0 Å². The average Bonchev–Trinajstić information content (AvgIpc) is 3.18. The zero-order chi connectivity index (χ0) is 21.5. The topological polar surface area (TPSA) is 92.2 Å². The van der Waals surface area contributed by atoms with Crippen LogP contribution in [-0.2, 0) is 4.79 Å². The Hall–Kier alpha value is -2.46. The molecule has 3 amide bonds.